The fourth-order valence-corrected chi connectivity index (χ4v) is 1.31. The quantitative estimate of drug-likeness (QED) is 0.785. The molecule has 3 nitrogen and oxygen atoms in total. The van der Waals surface area contributed by atoms with E-state index in [9.17, 15) is 0 Å². The van der Waals surface area contributed by atoms with Crippen molar-refractivity contribution in [2.24, 2.45) is 0 Å². The van der Waals surface area contributed by atoms with Gasteiger partial charge in [0.15, 0.2) is 0 Å². The molecule has 0 spiro atoms. The molecule has 4 heteroatoms. The van der Waals surface area contributed by atoms with E-state index in [0.717, 1.165) is 16.9 Å². The maximum atomic E-state index is 5.56. The molecular weight excluding hydrogens is 198 g/mol. The summed E-state index contributed by atoms with van der Waals surface area (Å²) in [6, 6.07) is 7.77. The maximum Gasteiger partial charge on any atom is 0.145 e. The topological polar surface area (TPSA) is 37.8 Å². The fourth-order valence-electron chi connectivity index (χ4n) is 1.22. The minimum Gasteiger partial charge on any atom is -0.368 e. The van der Waals surface area contributed by atoms with Crippen molar-refractivity contribution in [3.8, 4) is 0 Å². The summed E-state index contributed by atoms with van der Waals surface area (Å²) in [5.74, 6) is 1.33. The predicted octanol–water partition coefficient (Wildman–Crippen LogP) is 2.28. The van der Waals surface area contributed by atoms with Gasteiger partial charge in [0, 0.05) is 12.4 Å². The zero-order chi connectivity index (χ0) is 9.80. The Labute approximate surface area is 87.1 Å². The summed E-state index contributed by atoms with van der Waals surface area (Å²) >= 11 is 5.56. The van der Waals surface area contributed by atoms with Crippen LogP contribution in [0.3, 0.4) is 0 Å². The number of benzene rings is 1. The Bertz CT molecular complexity index is 430. The summed E-state index contributed by atoms with van der Waals surface area (Å²) in [4.78, 5) is 8.65. The summed E-state index contributed by atoms with van der Waals surface area (Å²) in [7, 11) is 0. The van der Waals surface area contributed by atoms with Crippen LogP contribution in [0.5, 0.6) is 0 Å². The maximum absolute atomic E-state index is 5.56. The van der Waals surface area contributed by atoms with Gasteiger partial charge in [-0.1, -0.05) is 12.1 Å². The average Bonchev–Trinajstić information content (AvgIpc) is 2.26. The highest BCUT2D eigenvalue weighted by atomic mass is 35.5. The monoisotopic (exact) mass is 207 g/mol. The molecule has 0 aliphatic carbocycles. The molecule has 1 aromatic carbocycles. The Kier molecular flexibility index (Phi) is 2.79. The molecule has 0 saturated heterocycles. The van der Waals surface area contributed by atoms with Gasteiger partial charge in [-0.05, 0) is 12.1 Å². The van der Waals surface area contributed by atoms with Crippen molar-refractivity contribution in [3.63, 3.8) is 0 Å². The highest BCUT2D eigenvalue weighted by Gasteiger charge is 1.97. The van der Waals surface area contributed by atoms with Crippen molar-refractivity contribution in [1.29, 1.82) is 0 Å². The third-order valence-electron chi connectivity index (χ3n) is 1.85. The van der Waals surface area contributed by atoms with Crippen LogP contribution >= 0.6 is 11.6 Å². The average molecular weight is 208 g/mol. The van der Waals surface area contributed by atoms with Gasteiger partial charge in [-0.15, -0.1) is 11.6 Å². The first-order valence-electron chi connectivity index (χ1n) is 4.42. The van der Waals surface area contributed by atoms with E-state index < -0.39 is 0 Å². The number of rotatable bonds is 3. The Hall–Kier alpha value is -1.35. The van der Waals surface area contributed by atoms with Crippen LogP contribution in [0.1, 0.15) is 0 Å². The molecule has 0 radical (unpaired) electrons. The molecule has 1 heterocycles. The SMILES string of the molecule is ClCCNc1cnc2ccccc2n1. The summed E-state index contributed by atoms with van der Waals surface area (Å²) in [5, 5.41) is 3.08. The van der Waals surface area contributed by atoms with Crippen LogP contribution in [-0.4, -0.2) is 22.4 Å². The number of hydrogen-bond acceptors (Lipinski definition) is 3. The van der Waals surface area contributed by atoms with Gasteiger partial charge >= 0.3 is 0 Å². The van der Waals surface area contributed by atoms with E-state index in [1.807, 2.05) is 24.3 Å². The minimum atomic E-state index is 0.564. The molecule has 0 saturated carbocycles. The smallest absolute Gasteiger partial charge is 0.145 e. The third-order valence-corrected chi connectivity index (χ3v) is 2.04. The molecule has 14 heavy (non-hydrogen) atoms. The second kappa shape index (κ2) is 4.24. The zero-order valence-electron chi connectivity index (χ0n) is 7.57. The number of alkyl halides is 1. The largest absolute Gasteiger partial charge is 0.368 e. The number of anilines is 1. The molecule has 2 rings (SSSR count). The first-order valence-corrected chi connectivity index (χ1v) is 4.95. The Morgan fingerprint density at radius 1 is 1.21 bits per heavy atom. The van der Waals surface area contributed by atoms with Gasteiger partial charge in [0.05, 0.1) is 17.2 Å². The predicted molar refractivity (Wildman–Crippen MR) is 58.7 cm³/mol. The van der Waals surface area contributed by atoms with Crippen molar-refractivity contribution in [2.75, 3.05) is 17.7 Å². The number of fused-ring (bicyclic) bond motifs is 1. The second-order valence-electron chi connectivity index (χ2n) is 2.86. The normalized spacial score (nSPS) is 10.4. The van der Waals surface area contributed by atoms with Gasteiger partial charge in [-0.2, -0.15) is 0 Å². The number of nitrogens with zero attached hydrogens (tertiary/aromatic N) is 2. The number of aromatic nitrogens is 2. The second-order valence-corrected chi connectivity index (χ2v) is 3.24. The highest BCUT2D eigenvalue weighted by Crippen LogP contribution is 2.10. The summed E-state index contributed by atoms with van der Waals surface area (Å²) in [6.45, 7) is 0.703. The lowest BCUT2D eigenvalue weighted by Crippen LogP contribution is -2.04. The number of para-hydroxylation sites is 2. The number of hydrogen-bond donors (Lipinski definition) is 1. The molecule has 0 atom stereocenters. The Morgan fingerprint density at radius 3 is 2.79 bits per heavy atom. The highest BCUT2D eigenvalue weighted by molar-refractivity contribution is 6.18. The van der Waals surface area contributed by atoms with E-state index in [1.165, 1.54) is 0 Å². The van der Waals surface area contributed by atoms with E-state index in [1.54, 1.807) is 6.20 Å². The zero-order valence-corrected chi connectivity index (χ0v) is 8.33. The van der Waals surface area contributed by atoms with E-state index in [2.05, 4.69) is 15.3 Å². The fraction of sp³-hybridized carbons (Fsp3) is 0.200. The third kappa shape index (κ3) is 1.93. The van der Waals surface area contributed by atoms with Gasteiger partial charge in [-0.25, -0.2) is 4.98 Å². The van der Waals surface area contributed by atoms with E-state index in [-0.39, 0.29) is 0 Å². The van der Waals surface area contributed by atoms with Gasteiger partial charge in [0.2, 0.25) is 0 Å². The summed E-state index contributed by atoms with van der Waals surface area (Å²) in [6.07, 6.45) is 1.72. The van der Waals surface area contributed by atoms with Crippen molar-refractivity contribution >= 4 is 28.5 Å². The lowest BCUT2D eigenvalue weighted by Gasteiger charge is -2.03. The van der Waals surface area contributed by atoms with Gasteiger partial charge in [0.1, 0.15) is 5.82 Å². The van der Waals surface area contributed by atoms with Crippen LogP contribution in [0.25, 0.3) is 11.0 Å². The molecule has 2 aromatic rings. The molecule has 1 aromatic heterocycles. The first kappa shape index (κ1) is 9.21. The van der Waals surface area contributed by atoms with Gasteiger partial charge < -0.3 is 5.32 Å². The molecule has 0 unspecified atom stereocenters. The molecule has 0 amide bonds. The van der Waals surface area contributed by atoms with Crippen molar-refractivity contribution in [2.45, 2.75) is 0 Å². The molecule has 0 bridgehead atoms. The Morgan fingerprint density at radius 2 is 2.00 bits per heavy atom. The van der Waals surface area contributed by atoms with Gasteiger partial charge in [0.25, 0.3) is 0 Å². The van der Waals surface area contributed by atoms with E-state index in [4.69, 9.17) is 11.6 Å². The van der Waals surface area contributed by atoms with Crippen LogP contribution in [0.15, 0.2) is 30.5 Å². The standard InChI is InChI=1S/C10H10ClN3/c11-5-6-12-10-7-13-8-3-1-2-4-9(8)14-10/h1-4,7H,5-6H2,(H,12,14). The van der Waals surface area contributed by atoms with Crippen LogP contribution in [-0.2, 0) is 0 Å². The summed E-state index contributed by atoms with van der Waals surface area (Å²) < 4.78 is 0. The van der Waals surface area contributed by atoms with E-state index in [0.29, 0.717) is 12.4 Å². The molecular formula is C10H10ClN3. The Balaban J connectivity index is 2.32. The van der Waals surface area contributed by atoms with Crippen molar-refractivity contribution in [1.82, 2.24) is 9.97 Å². The number of nitrogens with one attached hydrogen (secondary N) is 1. The molecule has 0 fully saturated rings. The van der Waals surface area contributed by atoms with Crippen LogP contribution < -0.4 is 5.32 Å². The lowest BCUT2D eigenvalue weighted by atomic mass is 10.3. The molecule has 72 valence electrons. The lowest BCUT2D eigenvalue weighted by molar-refractivity contribution is 1.16. The molecule has 1 N–H and O–H groups in total. The molecule has 0 aliphatic rings. The summed E-state index contributed by atoms with van der Waals surface area (Å²) in [5.41, 5.74) is 1.80. The molecule has 0 aliphatic heterocycles. The van der Waals surface area contributed by atoms with Crippen molar-refractivity contribution < 1.29 is 0 Å². The van der Waals surface area contributed by atoms with Crippen LogP contribution in [0.2, 0.25) is 0 Å². The minimum absolute atomic E-state index is 0.564. The van der Waals surface area contributed by atoms with Crippen molar-refractivity contribution in [3.05, 3.63) is 30.5 Å². The van der Waals surface area contributed by atoms with Gasteiger partial charge in [-0.3, -0.25) is 4.98 Å². The first-order chi connectivity index (χ1) is 6.90. The number of halogens is 1. The van der Waals surface area contributed by atoms with Crippen LogP contribution in [0, 0.1) is 0 Å². The van der Waals surface area contributed by atoms with E-state index >= 15 is 0 Å². The van der Waals surface area contributed by atoms with Crippen LogP contribution in [0.4, 0.5) is 5.82 Å².